The van der Waals surface area contributed by atoms with Crippen molar-refractivity contribution in [2.45, 2.75) is 32.2 Å². The van der Waals surface area contributed by atoms with Crippen molar-refractivity contribution < 1.29 is 13.2 Å². The zero-order chi connectivity index (χ0) is 21.0. The number of benzene rings is 2. The summed E-state index contributed by atoms with van der Waals surface area (Å²) < 4.78 is 25.0. The maximum atomic E-state index is 12.8. The summed E-state index contributed by atoms with van der Waals surface area (Å²) in [4.78, 5) is 17.1. The van der Waals surface area contributed by atoms with Crippen LogP contribution in [0.1, 0.15) is 34.1 Å². The second-order valence-corrected chi connectivity index (χ2v) is 9.28. The van der Waals surface area contributed by atoms with Crippen LogP contribution in [0.4, 0.5) is 0 Å². The molecule has 1 aromatic heterocycles. The number of nitrogens with zero attached hydrogens (tertiary/aromatic N) is 1. The number of hydrogen-bond acceptors (Lipinski definition) is 4. The summed E-state index contributed by atoms with van der Waals surface area (Å²) in [5.41, 5.74) is 4.76. The van der Waals surface area contributed by atoms with E-state index in [1.165, 1.54) is 6.07 Å². The number of aromatic nitrogens is 1. The van der Waals surface area contributed by atoms with E-state index in [1.807, 2.05) is 50.2 Å². The molecule has 0 saturated carbocycles. The van der Waals surface area contributed by atoms with Gasteiger partial charge in [0.1, 0.15) is 0 Å². The van der Waals surface area contributed by atoms with Gasteiger partial charge >= 0.3 is 0 Å². The van der Waals surface area contributed by atoms with E-state index < -0.39 is 9.84 Å². The molecule has 3 aromatic rings. The number of carbonyl (C=O) groups excluding carboxylic acids is 1. The van der Waals surface area contributed by atoms with Gasteiger partial charge in [0.2, 0.25) is 0 Å². The second-order valence-electron chi connectivity index (χ2n) is 7.01. The molecule has 2 aromatic carbocycles. The molecule has 5 nitrogen and oxygen atoms in total. The van der Waals surface area contributed by atoms with Crippen molar-refractivity contribution in [2.75, 3.05) is 5.75 Å². The van der Waals surface area contributed by atoms with E-state index in [9.17, 15) is 13.2 Å². The van der Waals surface area contributed by atoms with E-state index in [4.69, 9.17) is 0 Å². The topological polar surface area (TPSA) is 76.1 Å². The largest absolute Gasteiger partial charge is 0.348 e. The summed E-state index contributed by atoms with van der Waals surface area (Å²) in [7, 11) is -3.45. The van der Waals surface area contributed by atoms with Crippen LogP contribution in [0.2, 0.25) is 0 Å². The van der Waals surface area contributed by atoms with Gasteiger partial charge in [0.15, 0.2) is 9.84 Å². The van der Waals surface area contributed by atoms with Gasteiger partial charge in [-0.3, -0.25) is 9.78 Å². The zero-order valence-corrected chi connectivity index (χ0v) is 17.6. The fourth-order valence-corrected chi connectivity index (χ4v) is 3.82. The van der Waals surface area contributed by atoms with Gasteiger partial charge in [0, 0.05) is 24.0 Å². The molecule has 0 saturated heterocycles. The van der Waals surface area contributed by atoms with Gasteiger partial charge < -0.3 is 5.32 Å². The van der Waals surface area contributed by atoms with Crippen LogP contribution in [0.5, 0.6) is 0 Å². The molecule has 0 bridgehead atoms. The lowest BCUT2D eigenvalue weighted by atomic mass is 10.0. The number of hydrogen-bond donors (Lipinski definition) is 1. The summed E-state index contributed by atoms with van der Waals surface area (Å²) in [6.07, 6.45) is 1.71. The van der Waals surface area contributed by atoms with E-state index in [0.29, 0.717) is 17.7 Å². The number of aryl methyl sites for hydroxylation is 2. The zero-order valence-electron chi connectivity index (χ0n) is 16.8. The predicted octanol–water partition coefficient (Wildman–Crippen LogP) is 4.09. The van der Waals surface area contributed by atoms with Crippen LogP contribution in [0.3, 0.4) is 0 Å². The normalized spacial score (nSPS) is 11.3. The van der Waals surface area contributed by atoms with Gasteiger partial charge in [0.25, 0.3) is 5.91 Å². The Morgan fingerprint density at radius 3 is 2.31 bits per heavy atom. The Kier molecular flexibility index (Phi) is 6.13. The third kappa shape index (κ3) is 5.09. The van der Waals surface area contributed by atoms with Crippen LogP contribution in [0.25, 0.3) is 11.1 Å². The number of amides is 1. The van der Waals surface area contributed by atoms with Gasteiger partial charge in [-0.25, -0.2) is 8.42 Å². The molecule has 0 aliphatic heterocycles. The maximum Gasteiger partial charge on any atom is 0.251 e. The molecule has 0 radical (unpaired) electrons. The van der Waals surface area contributed by atoms with E-state index in [0.717, 1.165) is 22.4 Å². The van der Waals surface area contributed by atoms with Crippen molar-refractivity contribution in [1.29, 1.82) is 0 Å². The molecule has 1 heterocycles. The Morgan fingerprint density at radius 2 is 1.69 bits per heavy atom. The lowest BCUT2D eigenvalue weighted by Crippen LogP contribution is -2.23. The molecule has 0 aliphatic rings. The minimum absolute atomic E-state index is 0.0273. The Bertz CT molecular complexity index is 1120. The Hall–Kier alpha value is -2.99. The van der Waals surface area contributed by atoms with Crippen molar-refractivity contribution in [1.82, 2.24) is 10.3 Å². The van der Waals surface area contributed by atoms with E-state index in [1.54, 1.807) is 25.3 Å². The molecule has 6 heteroatoms. The van der Waals surface area contributed by atoms with Crippen LogP contribution in [-0.2, 0) is 16.4 Å². The predicted molar refractivity (Wildman–Crippen MR) is 114 cm³/mol. The highest BCUT2D eigenvalue weighted by atomic mass is 32.2. The molecule has 1 N–H and O–H groups in total. The number of nitrogens with one attached hydrogen (secondary N) is 1. The molecule has 1 amide bonds. The van der Waals surface area contributed by atoms with Gasteiger partial charge in [-0.2, -0.15) is 0 Å². The highest BCUT2D eigenvalue weighted by Gasteiger charge is 2.17. The second kappa shape index (κ2) is 8.57. The lowest BCUT2D eigenvalue weighted by molar-refractivity contribution is 0.0950. The van der Waals surface area contributed by atoms with E-state index >= 15 is 0 Å². The number of sulfone groups is 1. The first kappa shape index (κ1) is 20.7. The fourth-order valence-electron chi connectivity index (χ4n) is 2.88. The quantitative estimate of drug-likeness (QED) is 0.667. The first-order valence-corrected chi connectivity index (χ1v) is 11.1. The van der Waals surface area contributed by atoms with E-state index in [-0.39, 0.29) is 16.6 Å². The third-order valence-corrected chi connectivity index (χ3v) is 6.43. The summed E-state index contributed by atoms with van der Waals surface area (Å²) in [6.45, 7) is 5.80. The first-order valence-electron chi connectivity index (χ1n) is 9.43. The fraction of sp³-hybridized carbons (Fsp3) is 0.217. The van der Waals surface area contributed by atoms with Crippen molar-refractivity contribution in [3.05, 3.63) is 83.2 Å². The maximum absolute atomic E-state index is 12.8. The molecule has 0 unspecified atom stereocenters. The summed E-state index contributed by atoms with van der Waals surface area (Å²) in [5.74, 6) is -0.354. The minimum atomic E-state index is -3.45. The van der Waals surface area contributed by atoms with Gasteiger partial charge in [0.05, 0.1) is 10.6 Å². The minimum Gasteiger partial charge on any atom is -0.348 e. The van der Waals surface area contributed by atoms with Crippen LogP contribution < -0.4 is 5.32 Å². The number of pyridine rings is 1. The number of carbonyl (C=O) groups is 1. The Labute approximate surface area is 171 Å². The average molecular weight is 409 g/mol. The highest BCUT2D eigenvalue weighted by molar-refractivity contribution is 7.91. The molecule has 150 valence electrons. The van der Waals surface area contributed by atoms with Gasteiger partial charge in [-0.1, -0.05) is 42.8 Å². The smallest absolute Gasteiger partial charge is 0.251 e. The first-order chi connectivity index (χ1) is 13.8. The third-order valence-electron chi connectivity index (χ3n) is 4.72. The van der Waals surface area contributed by atoms with Crippen LogP contribution >= 0.6 is 0 Å². The standard InChI is InChI=1S/C23H24N2O3S/c1-4-29(27,28)22-12-20(19-9-5-16(2)6-10-19)11-21(13-22)23(26)25-15-18-8-7-17(3)24-14-18/h5-14H,4,15H2,1-3H3,(H,25,26). The Balaban J connectivity index is 1.94. The molecule has 0 spiro atoms. The van der Waals surface area contributed by atoms with Gasteiger partial charge in [-0.15, -0.1) is 0 Å². The monoisotopic (exact) mass is 408 g/mol. The Morgan fingerprint density at radius 1 is 0.966 bits per heavy atom. The summed E-state index contributed by atoms with van der Waals surface area (Å²) in [6, 6.07) is 16.3. The molecule has 3 rings (SSSR count). The molecule has 0 atom stereocenters. The lowest BCUT2D eigenvalue weighted by Gasteiger charge is -2.11. The summed E-state index contributed by atoms with van der Waals surface area (Å²) >= 11 is 0. The van der Waals surface area contributed by atoms with Crippen molar-refractivity contribution in [3.63, 3.8) is 0 Å². The van der Waals surface area contributed by atoms with Crippen LogP contribution in [0, 0.1) is 13.8 Å². The molecule has 0 aliphatic carbocycles. The van der Waals surface area contributed by atoms with Crippen molar-refractivity contribution in [3.8, 4) is 11.1 Å². The highest BCUT2D eigenvalue weighted by Crippen LogP contribution is 2.26. The van der Waals surface area contributed by atoms with Gasteiger partial charge in [-0.05, 0) is 54.8 Å². The molecular formula is C23H24N2O3S. The van der Waals surface area contributed by atoms with Crippen molar-refractivity contribution in [2.24, 2.45) is 0 Å². The molecular weight excluding hydrogens is 384 g/mol. The SMILES string of the molecule is CCS(=O)(=O)c1cc(C(=O)NCc2ccc(C)nc2)cc(-c2ccc(C)cc2)c1. The average Bonchev–Trinajstić information content (AvgIpc) is 2.73. The summed E-state index contributed by atoms with van der Waals surface area (Å²) in [5, 5.41) is 2.85. The van der Waals surface area contributed by atoms with Crippen molar-refractivity contribution >= 4 is 15.7 Å². The van der Waals surface area contributed by atoms with Crippen LogP contribution in [0.15, 0.2) is 65.7 Å². The molecule has 0 fully saturated rings. The molecule has 29 heavy (non-hydrogen) atoms. The van der Waals surface area contributed by atoms with Crippen LogP contribution in [-0.4, -0.2) is 25.1 Å². The van der Waals surface area contributed by atoms with E-state index in [2.05, 4.69) is 10.3 Å². The number of rotatable bonds is 6.